The molecule has 2 aliphatic heterocycles. The number of amides is 1. The summed E-state index contributed by atoms with van der Waals surface area (Å²) in [6.07, 6.45) is 2.30. The van der Waals surface area contributed by atoms with E-state index >= 15 is 0 Å². The third-order valence-corrected chi connectivity index (χ3v) is 6.87. The van der Waals surface area contributed by atoms with Crippen LogP contribution in [0.5, 0.6) is 5.75 Å². The van der Waals surface area contributed by atoms with Crippen molar-refractivity contribution in [2.24, 2.45) is 0 Å². The van der Waals surface area contributed by atoms with Crippen LogP contribution in [0.2, 0.25) is 0 Å². The van der Waals surface area contributed by atoms with Crippen LogP contribution in [0.25, 0.3) is 0 Å². The van der Waals surface area contributed by atoms with Crippen molar-refractivity contribution >= 4 is 15.9 Å². The molecule has 1 aromatic carbocycles. The van der Waals surface area contributed by atoms with E-state index in [1.807, 2.05) is 0 Å². The first-order chi connectivity index (χ1) is 13.0. The molecule has 2 fully saturated rings. The molecule has 2 saturated heterocycles. The monoisotopic (exact) mass is 397 g/mol. The molecule has 1 aromatic rings. The Labute approximate surface area is 160 Å². The topological polar surface area (TPSA) is 88.2 Å². The van der Waals surface area contributed by atoms with Crippen molar-refractivity contribution in [3.63, 3.8) is 0 Å². The smallest absolute Gasteiger partial charge is 0.243 e. The van der Waals surface area contributed by atoms with Crippen LogP contribution in [0, 0.1) is 0 Å². The van der Waals surface area contributed by atoms with Crippen LogP contribution in [0.1, 0.15) is 12.8 Å². The third-order valence-electron chi connectivity index (χ3n) is 4.96. The number of ether oxygens (including phenoxy) is 2. The second-order valence-corrected chi connectivity index (χ2v) is 8.66. The molecule has 0 aliphatic carbocycles. The van der Waals surface area contributed by atoms with E-state index in [1.165, 1.54) is 11.4 Å². The van der Waals surface area contributed by atoms with Gasteiger partial charge in [-0.15, -0.1) is 0 Å². The van der Waals surface area contributed by atoms with Gasteiger partial charge in [-0.2, -0.15) is 4.31 Å². The first kappa shape index (κ1) is 20.1. The van der Waals surface area contributed by atoms with E-state index in [9.17, 15) is 13.2 Å². The van der Waals surface area contributed by atoms with Crippen molar-refractivity contribution in [2.75, 3.05) is 53.0 Å². The zero-order chi connectivity index (χ0) is 19.3. The molecule has 3 rings (SSSR count). The maximum atomic E-state index is 12.7. The Morgan fingerprint density at radius 2 is 1.93 bits per heavy atom. The van der Waals surface area contributed by atoms with Crippen LogP contribution in [0.15, 0.2) is 29.2 Å². The molecule has 0 aromatic heterocycles. The van der Waals surface area contributed by atoms with Gasteiger partial charge in [-0.3, -0.25) is 4.79 Å². The number of nitrogens with one attached hydrogen (secondary N) is 1. The summed E-state index contributed by atoms with van der Waals surface area (Å²) in [6.45, 7) is 3.12. The Hall–Kier alpha value is -1.68. The average molecular weight is 397 g/mol. The van der Waals surface area contributed by atoms with Gasteiger partial charge in [0, 0.05) is 39.3 Å². The first-order valence-corrected chi connectivity index (χ1v) is 10.7. The minimum Gasteiger partial charge on any atom is -0.497 e. The summed E-state index contributed by atoms with van der Waals surface area (Å²) in [7, 11) is -2.02. The zero-order valence-electron chi connectivity index (χ0n) is 15.6. The van der Waals surface area contributed by atoms with E-state index in [0.29, 0.717) is 38.5 Å². The van der Waals surface area contributed by atoms with Gasteiger partial charge in [0.1, 0.15) is 5.75 Å². The van der Waals surface area contributed by atoms with Crippen LogP contribution < -0.4 is 10.1 Å². The minimum absolute atomic E-state index is 0.00510. The minimum atomic E-state index is -3.56. The predicted octanol–water partition coefficient (Wildman–Crippen LogP) is 0.297. The Morgan fingerprint density at radius 3 is 2.52 bits per heavy atom. The average Bonchev–Trinajstić information content (AvgIpc) is 3.21. The van der Waals surface area contributed by atoms with Crippen molar-refractivity contribution < 1.29 is 22.7 Å². The molecule has 2 heterocycles. The molecule has 27 heavy (non-hydrogen) atoms. The van der Waals surface area contributed by atoms with E-state index in [1.54, 1.807) is 29.2 Å². The number of hydrogen-bond acceptors (Lipinski definition) is 6. The number of benzene rings is 1. The van der Waals surface area contributed by atoms with Crippen molar-refractivity contribution in [2.45, 2.75) is 23.8 Å². The number of nitrogens with zero attached hydrogens (tertiary/aromatic N) is 2. The SMILES string of the molecule is COc1ccc(S(=O)(=O)N2CCN(C(=O)CNCC3CCCO3)CC2)cc1. The third kappa shape index (κ3) is 4.98. The van der Waals surface area contributed by atoms with Crippen LogP contribution in [-0.4, -0.2) is 82.6 Å². The Morgan fingerprint density at radius 1 is 1.22 bits per heavy atom. The highest BCUT2D eigenvalue weighted by Gasteiger charge is 2.30. The molecule has 8 nitrogen and oxygen atoms in total. The normalized spacial score (nSPS) is 21.4. The molecule has 0 spiro atoms. The summed E-state index contributed by atoms with van der Waals surface area (Å²) in [5, 5.41) is 3.14. The number of rotatable bonds is 7. The maximum absolute atomic E-state index is 12.7. The highest BCUT2D eigenvalue weighted by molar-refractivity contribution is 7.89. The highest BCUT2D eigenvalue weighted by Crippen LogP contribution is 2.20. The Balaban J connectivity index is 1.47. The number of hydrogen-bond donors (Lipinski definition) is 1. The summed E-state index contributed by atoms with van der Waals surface area (Å²) < 4.78 is 37.5. The van der Waals surface area contributed by atoms with Crippen LogP contribution in [-0.2, 0) is 19.6 Å². The number of carbonyl (C=O) groups is 1. The fourth-order valence-corrected chi connectivity index (χ4v) is 4.75. The molecule has 1 atom stereocenters. The second kappa shape index (κ2) is 9.01. The van der Waals surface area contributed by atoms with Crippen molar-refractivity contribution in [1.82, 2.24) is 14.5 Å². The first-order valence-electron chi connectivity index (χ1n) is 9.25. The molecule has 1 N–H and O–H groups in total. The van der Waals surface area contributed by atoms with E-state index in [-0.39, 0.29) is 23.5 Å². The molecular weight excluding hydrogens is 370 g/mol. The maximum Gasteiger partial charge on any atom is 0.243 e. The van der Waals surface area contributed by atoms with Gasteiger partial charge in [0.05, 0.1) is 24.7 Å². The van der Waals surface area contributed by atoms with E-state index in [4.69, 9.17) is 9.47 Å². The van der Waals surface area contributed by atoms with E-state index in [0.717, 1.165) is 19.4 Å². The molecule has 1 unspecified atom stereocenters. The van der Waals surface area contributed by atoms with E-state index in [2.05, 4.69) is 5.32 Å². The predicted molar refractivity (Wildman–Crippen MR) is 100 cm³/mol. The van der Waals surface area contributed by atoms with Crippen molar-refractivity contribution in [1.29, 1.82) is 0 Å². The lowest BCUT2D eigenvalue weighted by Crippen LogP contribution is -2.52. The van der Waals surface area contributed by atoms with Gasteiger partial charge in [0.15, 0.2) is 0 Å². The summed E-state index contributed by atoms with van der Waals surface area (Å²) in [6, 6.07) is 6.35. The van der Waals surface area contributed by atoms with Gasteiger partial charge >= 0.3 is 0 Å². The standard InChI is InChI=1S/C18H27N3O5S/c1-25-15-4-6-17(7-5-15)27(23,24)21-10-8-20(9-11-21)18(22)14-19-13-16-3-2-12-26-16/h4-7,16,19H,2-3,8-14H2,1H3. The van der Waals surface area contributed by atoms with Gasteiger partial charge in [-0.25, -0.2) is 8.42 Å². The second-order valence-electron chi connectivity index (χ2n) is 6.73. The quantitative estimate of drug-likeness (QED) is 0.712. The zero-order valence-corrected chi connectivity index (χ0v) is 16.4. The highest BCUT2D eigenvalue weighted by atomic mass is 32.2. The van der Waals surface area contributed by atoms with Gasteiger partial charge < -0.3 is 19.7 Å². The number of sulfonamides is 1. The molecule has 9 heteroatoms. The van der Waals surface area contributed by atoms with Crippen LogP contribution >= 0.6 is 0 Å². The Bertz CT molecular complexity index is 724. The molecule has 0 radical (unpaired) electrons. The number of methoxy groups -OCH3 is 1. The largest absolute Gasteiger partial charge is 0.497 e. The lowest BCUT2D eigenvalue weighted by molar-refractivity contribution is -0.131. The summed E-state index contributed by atoms with van der Waals surface area (Å²) >= 11 is 0. The fourth-order valence-electron chi connectivity index (χ4n) is 3.33. The molecule has 0 bridgehead atoms. The van der Waals surface area contributed by atoms with Gasteiger partial charge in [-0.05, 0) is 37.1 Å². The molecule has 150 valence electrons. The Kier molecular flexibility index (Phi) is 6.69. The van der Waals surface area contributed by atoms with Crippen molar-refractivity contribution in [3.05, 3.63) is 24.3 Å². The fraction of sp³-hybridized carbons (Fsp3) is 0.611. The summed E-state index contributed by atoms with van der Waals surface area (Å²) in [5.41, 5.74) is 0. The number of piperazine rings is 1. The molecule has 2 aliphatic rings. The van der Waals surface area contributed by atoms with Crippen molar-refractivity contribution in [3.8, 4) is 5.75 Å². The van der Waals surface area contributed by atoms with Gasteiger partial charge in [0.2, 0.25) is 15.9 Å². The molecular formula is C18H27N3O5S. The summed E-state index contributed by atoms with van der Waals surface area (Å²) in [4.78, 5) is 14.3. The van der Waals surface area contributed by atoms with Crippen LogP contribution in [0.3, 0.4) is 0 Å². The molecule has 0 saturated carbocycles. The lowest BCUT2D eigenvalue weighted by Gasteiger charge is -2.34. The summed E-state index contributed by atoms with van der Waals surface area (Å²) in [5.74, 6) is 0.606. The van der Waals surface area contributed by atoms with E-state index < -0.39 is 10.0 Å². The van der Waals surface area contributed by atoms with Gasteiger partial charge in [0.25, 0.3) is 0 Å². The lowest BCUT2D eigenvalue weighted by atomic mass is 10.2. The number of carbonyl (C=O) groups excluding carboxylic acids is 1. The van der Waals surface area contributed by atoms with Gasteiger partial charge in [-0.1, -0.05) is 0 Å². The molecule has 1 amide bonds. The van der Waals surface area contributed by atoms with Crippen LogP contribution in [0.4, 0.5) is 0 Å².